The predicted octanol–water partition coefficient (Wildman–Crippen LogP) is 3.58. The van der Waals surface area contributed by atoms with Gasteiger partial charge in [-0.2, -0.15) is 0 Å². The second-order valence-electron chi connectivity index (χ2n) is 5.11. The van der Waals surface area contributed by atoms with Gasteiger partial charge in [0.15, 0.2) is 0 Å². The number of ether oxygens (including phenoxy) is 2. The summed E-state index contributed by atoms with van der Waals surface area (Å²) >= 11 is 0. The number of rotatable bonds is 3. The van der Waals surface area contributed by atoms with Gasteiger partial charge in [-0.15, -0.1) is 0 Å². The number of esters is 1. The molecule has 0 saturated heterocycles. The number of carbonyl (C=O) groups excluding carboxylic acids is 1. The summed E-state index contributed by atoms with van der Waals surface area (Å²) in [6.07, 6.45) is 1.74. The van der Waals surface area contributed by atoms with E-state index in [4.69, 9.17) is 9.47 Å². The third kappa shape index (κ3) is 2.66. The molecule has 0 fully saturated rings. The van der Waals surface area contributed by atoms with Gasteiger partial charge in [0, 0.05) is 17.7 Å². The van der Waals surface area contributed by atoms with Crippen molar-refractivity contribution in [2.45, 2.75) is 6.92 Å². The molecule has 2 aromatic rings. The summed E-state index contributed by atoms with van der Waals surface area (Å²) in [6, 6.07) is 9.67. The Morgan fingerprint density at radius 1 is 1.17 bits per heavy atom. The highest BCUT2D eigenvalue weighted by atomic mass is 16.6. The van der Waals surface area contributed by atoms with Gasteiger partial charge in [-0.05, 0) is 42.3 Å². The zero-order valence-corrected chi connectivity index (χ0v) is 12.5. The molecule has 116 valence electrons. The Bertz CT molecular complexity index is 854. The van der Waals surface area contributed by atoms with E-state index >= 15 is 0 Å². The van der Waals surface area contributed by atoms with E-state index < -0.39 is 10.9 Å². The zero-order valence-electron chi connectivity index (χ0n) is 12.5. The number of cyclic esters (lactones) is 1. The van der Waals surface area contributed by atoms with E-state index in [1.165, 1.54) is 18.2 Å². The Balaban J connectivity index is 2.04. The molecule has 2 aromatic carbocycles. The van der Waals surface area contributed by atoms with Gasteiger partial charge in [-0.25, -0.2) is 4.79 Å². The number of nitro groups is 1. The molecule has 3 rings (SSSR count). The van der Waals surface area contributed by atoms with Crippen LogP contribution in [0, 0.1) is 17.0 Å². The molecule has 0 aliphatic carbocycles. The van der Waals surface area contributed by atoms with Gasteiger partial charge in [0.1, 0.15) is 11.5 Å². The van der Waals surface area contributed by atoms with E-state index in [2.05, 4.69) is 0 Å². The Morgan fingerprint density at radius 2 is 1.96 bits per heavy atom. The van der Waals surface area contributed by atoms with Crippen molar-refractivity contribution in [2.24, 2.45) is 0 Å². The first-order valence-corrected chi connectivity index (χ1v) is 6.87. The zero-order chi connectivity index (χ0) is 16.6. The summed E-state index contributed by atoms with van der Waals surface area (Å²) in [5.74, 6) is 0.540. The van der Waals surface area contributed by atoms with Crippen LogP contribution in [-0.4, -0.2) is 18.0 Å². The maximum atomic E-state index is 11.9. The van der Waals surface area contributed by atoms with Gasteiger partial charge >= 0.3 is 5.97 Å². The molecule has 1 heterocycles. The van der Waals surface area contributed by atoms with E-state index in [0.29, 0.717) is 11.3 Å². The molecule has 0 bridgehead atoms. The number of nitrogens with zero attached hydrogens (tertiary/aromatic N) is 1. The molecule has 23 heavy (non-hydrogen) atoms. The number of non-ortho nitro benzene ring substituents is 1. The van der Waals surface area contributed by atoms with Crippen LogP contribution in [0.1, 0.15) is 27.0 Å². The first-order chi connectivity index (χ1) is 11.0. The third-order valence-electron chi connectivity index (χ3n) is 3.67. The minimum absolute atomic E-state index is 0.137. The van der Waals surface area contributed by atoms with Crippen LogP contribution in [-0.2, 0) is 4.74 Å². The van der Waals surface area contributed by atoms with Crippen molar-refractivity contribution >= 4 is 23.5 Å². The van der Waals surface area contributed by atoms with E-state index in [9.17, 15) is 14.9 Å². The molecule has 0 amide bonds. The van der Waals surface area contributed by atoms with Gasteiger partial charge in [0.05, 0.1) is 17.6 Å². The second kappa shape index (κ2) is 5.57. The number of hydrogen-bond donors (Lipinski definition) is 0. The lowest BCUT2D eigenvalue weighted by atomic mass is 10.0. The van der Waals surface area contributed by atoms with Crippen molar-refractivity contribution in [2.75, 3.05) is 7.11 Å². The van der Waals surface area contributed by atoms with Gasteiger partial charge in [0.25, 0.3) is 5.69 Å². The summed E-state index contributed by atoms with van der Waals surface area (Å²) in [6.45, 7) is 1.92. The van der Waals surface area contributed by atoms with Crippen molar-refractivity contribution in [3.8, 4) is 5.75 Å². The lowest BCUT2D eigenvalue weighted by Gasteiger charge is -2.05. The number of nitro benzene ring substituents is 1. The largest absolute Gasteiger partial charge is 0.497 e. The number of fused-ring (bicyclic) bond motifs is 1. The Morgan fingerprint density at radius 3 is 2.61 bits per heavy atom. The third-order valence-corrected chi connectivity index (χ3v) is 3.67. The fraction of sp³-hybridized carbons (Fsp3) is 0.118. The van der Waals surface area contributed by atoms with Crippen LogP contribution in [0.2, 0.25) is 0 Å². The van der Waals surface area contributed by atoms with Gasteiger partial charge in [-0.3, -0.25) is 10.1 Å². The molecular weight excluding hydrogens is 298 g/mol. The summed E-state index contributed by atoms with van der Waals surface area (Å²) in [5, 5.41) is 10.8. The summed E-state index contributed by atoms with van der Waals surface area (Å²) in [5.41, 5.74) is 2.46. The van der Waals surface area contributed by atoms with Crippen LogP contribution in [0.4, 0.5) is 5.69 Å². The lowest BCUT2D eigenvalue weighted by molar-refractivity contribution is -0.384. The SMILES string of the molecule is COc1ccc(/C=C2\OC(=O)c3cc([N+](=O)[O-])ccc32)c(C)c1. The topological polar surface area (TPSA) is 78.7 Å². The highest BCUT2D eigenvalue weighted by molar-refractivity contribution is 6.06. The Hall–Kier alpha value is -3.15. The maximum absolute atomic E-state index is 11.9. The summed E-state index contributed by atoms with van der Waals surface area (Å²) in [4.78, 5) is 22.2. The van der Waals surface area contributed by atoms with Crippen molar-refractivity contribution in [1.82, 2.24) is 0 Å². The van der Waals surface area contributed by atoms with Crippen LogP contribution in [0.25, 0.3) is 11.8 Å². The molecule has 0 aromatic heterocycles. The minimum atomic E-state index is -0.582. The van der Waals surface area contributed by atoms with Crippen molar-refractivity contribution in [1.29, 1.82) is 0 Å². The lowest BCUT2D eigenvalue weighted by Crippen LogP contribution is -1.95. The first kappa shape index (κ1) is 14.8. The van der Waals surface area contributed by atoms with Gasteiger partial charge in [-0.1, -0.05) is 6.07 Å². The maximum Gasteiger partial charge on any atom is 0.344 e. The van der Waals surface area contributed by atoms with Crippen LogP contribution < -0.4 is 4.74 Å². The summed E-state index contributed by atoms with van der Waals surface area (Å²) < 4.78 is 10.4. The van der Waals surface area contributed by atoms with Crippen LogP contribution >= 0.6 is 0 Å². The minimum Gasteiger partial charge on any atom is -0.497 e. The average Bonchev–Trinajstić information content (AvgIpc) is 2.85. The first-order valence-electron chi connectivity index (χ1n) is 6.87. The average molecular weight is 311 g/mol. The Kier molecular flexibility index (Phi) is 3.57. The molecule has 0 spiro atoms. The monoisotopic (exact) mass is 311 g/mol. The Labute approximate surface area is 132 Å². The molecule has 0 N–H and O–H groups in total. The standard InChI is InChI=1S/C17H13NO5/c1-10-7-13(22-2)5-3-11(10)8-16-14-6-4-12(18(20)21)9-15(14)17(19)23-16/h3-9H,1-2H3/b16-8-. The van der Waals surface area contributed by atoms with E-state index in [1.807, 2.05) is 25.1 Å². The smallest absolute Gasteiger partial charge is 0.344 e. The molecule has 0 unspecified atom stereocenters. The van der Waals surface area contributed by atoms with E-state index in [-0.39, 0.29) is 11.3 Å². The molecular formula is C17H13NO5. The number of aryl methyl sites for hydroxylation is 1. The number of methoxy groups -OCH3 is 1. The highest BCUT2D eigenvalue weighted by Crippen LogP contribution is 2.34. The normalized spacial score (nSPS) is 14.5. The second-order valence-corrected chi connectivity index (χ2v) is 5.11. The van der Waals surface area contributed by atoms with Crippen molar-refractivity contribution in [3.63, 3.8) is 0 Å². The molecule has 0 radical (unpaired) electrons. The molecule has 1 aliphatic heterocycles. The fourth-order valence-electron chi connectivity index (χ4n) is 2.42. The molecule has 1 aliphatic rings. The predicted molar refractivity (Wildman–Crippen MR) is 84.1 cm³/mol. The number of hydrogen-bond acceptors (Lipinski definition) is 5. The molecule has 6 heteroatoms. The van der Waals surface area contributed by atoms with Crippen LogP contribution in [0.5, 0.6) is 5.75 Å². The molecule has 0 saturated carbocycles. The van der Waals surface area contributed by atoms with E-state index in [1.54, 1.807) is 13.2 Å². The van der Waals surface area contributed by atoms with Gasteiger partial charge in [0.2, 0.25) is 0 Å². The van der Waals surface area contributed by atoms with Crippen molar-refractivity contribution in [3.05, 3.63) is 68.8 Å². The fourth-order valence-corrected chi connectivity index (χ4v) is 2.42. The summed E-state index contributed by atoms with van der Waals surface area (Å²) in [7, 11) is 1.59. The number of benzene rings is 2. The number of carbonyl (C=O) groups is 1. The molecule has 0 atom stereocenters. The highest BCUT2D eigenvalue weighted by Gasteiger charge is 2.28. The van der Waals surface area contributed by atoms with Crippen molar-refractivity contribution < 1.29 is 19.2 Å². The van der Waals surface area contributed by atoms with E-state index in [0.717, 1.165) is 16.9 Å². The van der Waals surface area contributed by atoms with Crippen LogP contribution in [0.3, 0.4) is 0 Å². The van der Waals surface area contributed by atoms with Crippen LogP contribution in [0.15, 0.2) is 36.4 Å². The molecule has 6 nitrogen and oxygen atoms in total. The quantitative estimate of drug-likeness (QED) is 0.492. The van der Waals surface area contributed by atoms with Gasteiger partial charge < -0.3 is 9.47 Å².